The summed E-state index contributed by atoms with van der Waals surface area (Å²) in [7, 11) is 0. The van der Waals surface area contributed by atoms with Gasteiger partial charge >= 0.3 is 0 Å². The quantitative estimate of drug-likeness (QED) is 0.680. The van der Waals surface area contributed by atoms with Gasteiger partial charge < -0.3 is 0 Å². The summed E-state index contributed by atoms with van der Waals surface area (Å²) in [5.74, 6) is 0.544. The first-order chi connectivity index (χ1) is 6.41. The van der Waals surface area contributed by atoms with Crippen molar-refractivity contribution in [3.05, 3.63) is 0 Å². The van der Waals surface area contributed by atoms with E-state index in [0.717, 1.165) is 19.3 Å². The van der Waals surface area contributed by atoms with E-state index in [0.29, 0.717) is 18.6 Å². The van der Waals surface area contributed by atoms with Gasteiger partial charge in [-0.3, -0.25) is 9.59 Å². The van der Waals surface area contributed by atoms with E-state index in [1.54, 1.807) is 0 Å². The Hall–Kier alpha value is -0.660. The molecule has 1 rings (SSSR count). The molecule has 1 atom stereocenters. The molecule has 0 N–H and O–H groups in total. The number of carbonyl (C=O) groups is 2. The van der Waals surface area contributed by atoms with Crippen molar-refractivity contribution in [3.63, 3.8) is 0 Å². The minimum absolute atomic E-state index is 0.0236. The summed E-state index contributed by atoms with van der Waals surface area (Å²) in [5, 5.41) is 0. The van der Waals surface area contributed by atoms with E-state index in [1.807, 2.05) is 20.8 Å². The maximum absolute atomic E-state index is 11.7. The standard InChI is InChI=1S/C12H20O2/c1-12(2,3)11(14)8-9-6-4-5-7-10(9)13/h9H,4-8H2,1-3H3/t9-/m1/s1. The molecule has 0 unspecified atom stereocenters. The Balaban J connectivity index is 2.51. The Kier molecular flexibility index (Phi) is 3.46. The normalized spacial score (nSPS) is 23.6. The maximum atomic E-state index is 11.7. The summed E-state index contributed by atoms with van der Waals surface area (Å²) in [6.07, 6.45) is 4.18. The van der Waals surface area contributed by atoms with Crippen LogP contribution < -0.4 is 0 Å². The Bertz CT molecular complexity index is 235. The van der Waals surface area contributed by atoms with Crippen molar-refractivity contribution in [2.75, 3.05) is 0 Å². The highest BCUT2D eigenvalue weighted by Gasteiger charge is 2.29. The van der Waals surface area contributed by atoms with Crippen molar-refractivity contribution in [3.8, 4) is 0 Å². The number of carbonyl (C=O) groups excluding carboxylic acids is 2. The molecule has 0 aromatic rings. The highest BCUT2D eigenvalue weighted by atomic mass is 16.1. The molecule has 0 heterocycles. The minimum atomic E-state index is -0.294. The lowest BCUT2D eigenvalue weighted by atomic mass is 9.79. The predicted octanol–water partition coefficient (Wildman–Crippen LogP) is 2.75. The van der Waals surface area contributed by atoms with Crippen molar-refractivity contribution >= 4 is 11.6 Å². The zero-order valence-electron chi connectivity index (χ0n) is 9.43. The monoisotopic (exact) mass is 196 g/mol. The number of rotatable bonds is 2. The van der Waals surface area contributed by atoms with E-state index in [-0.39, 0.29) is 17.1 Å². The fraction of sp³-hybridized carbons (Fsp3) is 0.833. The van der Waals surface area contributed by atoms with E-state index in [9.17, 15) is 9.59 Å². The molecule has 0 amide bonds. The van der Waals surface area contributed by atoms with Gasteiger partial charge in [-0.15, -0.1) is 0 Å². The van der Waals surface area contributed by atoms with Crippen molar-refractivity contribution in [1.82, 2.24) is 0 Å². The van der Waals surface area contributed by atoms with Gasteiger partial charge in [-0.2, -0.15) is 0 Å². The summed E-state index contributed by atoms with van der Waals surface area (Å²) in [4.78, 5) is 23.2. The van der Waals surface area contributed by atoms with Gasteiger partial charge in [-0.25, -0.2) is 0 Å². The summed E-state index contributed by atoms with van der Waals surface area (Å²) < 4.78 is 0. The van der Waals surface area contributed by atoms with Crippen LogP contribution in [0.25, 0.3) is 0 Å². The first-order valence-electron chi connectivity index (χ1n) is 5.47. The Labute approximate surface area is 86.1 Å². The highest BCUT2D eigenvalue weighted by molar-refractivity contribution is 5.90. The molecule has 80 valence electrons. The number of Topliss-reactive ketones (excluding diaryl/α,β-unsaturated/α-hetero) is 2. The van der Waals surface area contributed by atoms with Gasteiger partial charge in [-0.1, -0.05) is 27.2 Å². The number of hydrogen-bond donors (Lipinski definition) is 0. The van der Waals surface area contributed by atoms with Gasteiger partial charge in [0.2, 0.25) is 0 Å². The first-order valence-corrected chi connectivity index (χ1v) is 5.47. The van der Waals surface area contributed by atoms with Crippen LogP contribution >= 0.6 is 0 Å². The van der Waals surface area contributed by atoms with Crippen molar-refractivity contribution < 1.29 is 9.59 Å². The molecule has 2 heteroatoms. The van der Waals surface area contributed by atoms with E-state index in [2.05, 4.69) is 0 Å². The molecule has 0 bridgehead atoms. The van der Waals surface area contributed by atoms with E-state index in [1.165, 1.54) is 0 Å². The van der Waals surface area contributed by atoms with E-state index >= 15 is 0 Å². The van der Waals surface area contributed by atoms with Crippen molar-refractivity contribution in [2.24, 2.45) is 11.3 Å². The average Bonchev–Trinajstić information content (AvgIpc) is 2.07. The van der Waals surface area contributed by atoms with Gasteiger partial charge in [0.1, 0.15) is 11.6 Å². The molecule has 0 radical (unpaired) electrons. The molecule has 1 fully saturated rings. The van der Waals surface area contributed by atoms with Crippen LogP contribution in [-0.2, 0) is 9.59 Å². The Morgan fingerprint density at radius 3 is 2.50 bits per heavy atom. The van der Waals surface area contributed by atoms with Crippen LogP contribution in [0, 0.1) is 11.3 Å². The van der Waals surface area contributed by atoms with Crippen LogP contribution in [0.1, 0.15) is 52.9 Å². The molecule has 0 aromatic carbocycles. The fourth-order valence-corrected chi connectivity index (χ4v) is 1.80. The van der Waals surface area contributed by atoms with Gasteiger partial charge in [0.25, 0.3) is 0 Å². The SMILES string of the molecule is CC(C)(C)C(=O)C[C@H]1CCCCC1=O. The predicted molar refractivity (Wildman–Crippen MR) is 56.0 cm³/mol. The molecule has 1 aliphatic rings. The van der Waals surface area contributed by atoms with Crippen molar-refractivity contribution in [2.45, 2.75) is 52.9 Å². The highest BCUT2D eigenvalue weighted by Crippen LogP contribution is 2.27. The van der Waals surface area contributed by atoms with E-state index in [4.69, 9.17) is 0 Å². The molecule has 0 aliphatic heterocycles. The van der Waals surface area contributed by atoms with Gasteiger partial charge in [0, 0.05) is 24.2 Å². The van der Waals surface area contributed by atoms with Crippen LogP contribution in [0.2, 0.25) is 0 Å². The van der Waals surface area contributed by atoms with Crippen LogP contribution in [0.3, 0.4) is 0 Å². The third-order valence-electron chi connectivity index (χ3n) is 2.95. The number of ketones is 2. The zero-order valence-corrected chi connectivity index (χ0v) is 9.43. The van der Waals surface area contributed by atoms with Gasteiger partial charge in [-0.05, 0) is 12.8 Å². The van der Waals surface area contributed by atoms with Crippen LogP contribution in [0.5, 0.6) is 0 Å². The van der Waals surface area contributed by atoms with Crippen LogP contribution in [0.4, 0.5) is 0 Å². The summed E-state index contributed by atoms with van der Waals surface area (Å²) in [6.45, 7) is 5.76. The molecule has 1 saturated carbocycles. The van der Waals surface area contributed by atoms with Crippen LogP contribution in [0.15, 0.2) is 0 Å². The molecule has 0 aromatic heterocycles. The molecule has 1 aliphatic carbocycles. The first kappa shape index (κ1) is 11.4. The molecular weight excluding hydrogens is 176 g/mol. The smallest absolute Gasteiger partial charge is 0.138 e. The minimum Gasteiger partial charge on any atom is -0.299 e. The molecule has 2 nitrogen and oxygen atoms in total. The molecule has 0 spiro atoms. The summed E-state index contributed by atoms with van der Waals surface area (Å²) >= 11 is 0. The third kappa shape index (κ3) is 2.93. The summed E-state index contributed by atoms with van der Waals surface area (Å²) in [5.41, 5.74) is -0.294. The average molecular weight is 196 g/mol. The second-order valence-corrected chi connectivity index (χ2v) is 5.29. The topological polar surface area (TPSA) is 34.1 Å². The molecule has 14 heavy (non-hydrogen) atoms. The molecule has 0 saturated heterocycles. The van der Waals surface area contributed by atoms with Crippen molar-refractivity contribution in [1.29, 1.82) is 0 Å². The summed E-state index contributed by atoms with van der Waals surface area (Å²) in [6, 6.07) is 0. The second kappa shape index (κ2) is 4.24. The number of hydrogen-bond acceptors (Lipinski definition) is 2. The van der Waals surface area contributed by atoms with Gasteiger partial charge in [0.15, 0.2) is 0 Å². The van der Waals surface area contributed by atoms with Crippen LogP contribution in [-0.4, -0.2) is 11.6 Å². The second-order valence-electron chi connectivity index (χ2n) is 5.29. The van der Waals surface area contributed by atoms with E-state index < -0.39 is 0 Å². The lowest BCUT2D eigenvalue weighted by molar-refractivity contribution is -0.133. The third-order valence-corrected chi connectivity index (χ3v) is 2.95. The van der Waals surface area contributed by atoms with Gasteiger partial charge in [0.05, 0.1) is 0 Å². The largest absolute Gasteiger partial charge is 0.299 e. The zero-order chi connectivity index (χ0) is 10.8. The molecular formula is C12H20O2. The lowest BCUT2D eigenvalue weighted by Gasteiger charge is -2.23. The lowest BCUT2D eigenvalue weighted by Crippen LogP contribution is -2.28. The Morgan fingerprint density at radius 1 is 1.36 bits per heavy atom. The Morgan fingerprint density at radius 2 is 2.00 bits per heavy atom. The fourth-order valence-electron chi connectivity index (χ4n) is 1.80. The maximum Gasteiger partial charge on any atom is 0.138 e.